The summed E-state index contributed by atoms with van der Waals surface area (Å²) in [5, 5.41) is 2.04. The van der Waals surface area contributed by atoms with Crippen LogP contribution in [-0.2, 0) is 9.53 Å². The van der Waals surface area contributed by atoms with E-state index in [0.717, 1.165) is 21.6 Å². The molecule has 0 bridgehead atoms. The number of fused-ring (bicyclic) bond motifs is 3. The van der Waals surface area contributed by atoms with Crippen LogP contribution < -0.4 is 0 Å². The monoisotopic (exact) mass is 476 g/mol. The summed E-state index contributed by atoms with van der Waals surface area (Å²) < 4.78 is 5.97. The van der Waals surface area contributed by atoms with Gasteiger partial charge in [-0.15, -0.1) is 11.3 Å². The number of hydrogen-bond acceptors (Lipinski definition) is 4. The SMILES string of the molecule is O=C(C[C@@H]1c2ccccc2[C@H]2C=C(c3ccccc3)OC(=O)[C@H]2[C@@H]1c1cccs1)c1ccccc1. The molecule has 0 radical (unpaired) electrons. The highest BCUT2D eigenvalue weighted by Gasteiger charge is 2.50. The molecular formula is C31H24O3S. The summed E-state index contributed by atoms with van der Waals surface area (Å²) in [6.45, 7) is 0. The summed E-state index contributed by atoms with van der Waals surface area (Å²) >= 11 is 1.65. The molecular weight excluding hydrogens is 452 g/mol. The van der Waals surface area contributed by atoms with E-state index in [9.17, 15) is 9.59 Å². The Hall–Kier alpha value is -3.76. The number of carbonyl (C=O) groups excluding carboxylic acids is 2. The van der Waals surface area contributed by atoms with E-state index in [0.29, 0.717) is 17.7 Å². The summed E-state index contributed by atoms with van der Waals surface area (Å²) in [6.07, 6.45) is 2.45. The Kier molecular flexibility index (Phi) is 5.67. The second-order valence-electron chi connectivity index (χ2n) is 9.14. The van der Waals surface area contributed by atoms with Gasteiger partial charge in [0.05, 0.1) is 5.92 Å². The van der Waals surface area contributed by atoms with Crippen molar-refractivity contribution in [2.24, 2.45) is 5.92 Å². The van der Waals surface area contributed by atoms with Gasteiger partial charge in [-0.2, -0.15) is 0 Å². The third-order valence-electron chi connectivity index (χ3n) is 7.21. The molecule has 2 aliphatic rings. The molecule has 35 heavy (non-hydrogen) atoms. The molecule has 172 valence electrons. The van der Waals surface area contributed by atoms with Crippen molar-refractivity contribution in [3.63, 3.8) is 0 Å². The van der Waals surface area contributed by atoms with E-state index in [1.807, 2.05) is 84.2 Å². The zero-order chi connectivity index (χ0) is 23.8. The van der Waals surface area contributed by atoms with Gasteiger partial charge >= 0.3 is 5.97 Å². The molecule has 0 amide bonds. The van der Waals surface area contributed by atoms with Crippen molar-refractivity contribution in [2.75, 3.05) is 0 Å². The minimum absolute atomic E-state index is 0.0927. The van der Waals surface area contributed by atoms with Gasteiger partial charge in [0.25, 0.3) is 0 Å². The maximum absolute atomic E-state index is 13.7. The molecule has 4 aromatic rings. The fourth-order valence-corrected chi connectivity index (χ4v) is 6.60. The van der Waals surface area contributed by atoms with Crippen molar-refractivity contribution in [1.82, 2.24) is 0 Å². The second-order valence-corrected chi connectivity index (χ2v) is 10.1. The van der Waals surface area contributed by atoms with E-state index in [4.69, 9.17) is 4.74 Å². The minimum Gasteiger partial charge on any atom is -0.426 e. The van der Waals surface area contributed by atoms with Crippen LogP contribution in [0.5, 0.6) is 0 Å². The second kappa shape index (κ2) is 9.12. The van der Waals surface area contributed by atoms with Crippen molar-refractivity contribution in [3.8, 4) is 0 Å². The predicted octanol–water partition coefficient (Wildman–Crippen LogP) is 7.20. The smallest absolute Gasteiger partial charge is 0.315 e. The average molecular weight is 477 g/mol. The Labute approximate surface area is 208 Å². The van der Waals surface area contributed by atoms with Crippen molar-refractivity contribution >= 4 is 28.8 Å². The van der Waals surface area contributed by atoms with Crippen LogP contribution in [0.4, 0.5) is 0 Å². The first-order valence-electron chi connectivity index (χ1n) is 11.9. The summed E-state index contributed by atoms with van der Waals surface area (Å²) in [6, 6.07) is 31.6. The Morgan fingerprint density at radius 2 is 1.46 bits per heavy atom. The molecule has 1 aromatic heterocycles. The molecule has 0 fully saturated rings. The highest BCUT2D eigenvalue weighted by Crippen LogP contribution is 2.56. The highest BCUT2D eigenvalue weighted by atomic mass is 32.1. The summed E-state index contributed by atoms with van der Waals surface area (Å²) in [5.41, 5.74) is 3.86. The van der Waals surface area contributed by atoms with E-state index >= 15 is 0 Å². The number of carbonyl (C=O) groups is 2. The molecule has 0 saturated heterocycles. The lowest BCUT2D eigenvalue weighted by Gasteiger charge is -2.44. The van der Waals surface area contributed by atoms with Crippen LogP contribution in [0, 0.1) is 5.92 Å². The molecule has 3 nitrogen and oxygen atoms in total. The standard InChI is InChI=1S/C31H24O3S/c32-26(20-10-3-1-4-11-20)18-24-22-14-7-8-15-23(22)25-19-27(21-12-5-2-6-13-21)34-31(33)30(25)29(24)28-16-9-17-35-28/h1-17,19,24-25,29-30H,18H2/t24-,25-,29+,30-/m1/s1. The first kappa shape index (κ1) is 21.8. The predicted molar refractivity (Wildman–Crippen MR) is 138 cm³/mol. The van der Waals surface area contributed by atoms with Gasteiger partial charge in [0.2, 0.25) is 0 Å². The molecule has 0 unspecified atom stereocenters. The molecule has 0 spiro atoms. The Morgan fingerprint density at radius 3 is 2.17 bits per heavy atom. The third kappa shape index (κ3) is 3.94. The number of rotatable bonds is 5. The zero-order valence-corrected chi connectivity index (χ0v) is 19.9. The summed E-state index contributed by atoms with van der Waals surface area (Å²) in [7, 11) is 0. The number of ketones is 1. The fourth-order valence-electron chi connectivity index (χ4n) is 5.67. The largest absolute Gasteiger partial charge is 0.426 e. The molecule has 6 rings (SSSR count). The highest BCUT2D eigenvalue weighted by molar-refractivity contribution is 7.10. The maximum atomic E-state index is 13.7. The van der Waals surface area contributed by atoms with E-state index in [1.165, 1.54) is 0 Å². The number of Topliss-reactive ketones (excluding diaryl/α,β-unsaturated/α-hetero) is 1. The number of allylic oxidation sites excluding steroid dienone is 1. The van der Waals surface area contributed by atoms with Crippen LogP contribution in [0.1, 0.15) is 56.1 Å². The van der Waals surface area contributed by atoms with Gasteiger partial charge in [0, 0.05) is 34.3 Å². The van der Waals surface area contributed by atoms with E-state index < -0.39 is 0 Å². The summed E-state index contributed by atoms with van der Waals surface area (Å²) in [5.74, 6) is -0.268. The first-order valence-corrected chi connectivity index (χ1v) is 12.8. The minimum atomic E-state index is -0.385. The number of hydrogen-bond donors (Lipinski definition) is 0. The van der Waals surface area contributed by atoms with Crippen LogP contribution in [-0.4, -0.2) is 11.8 Å². The summed E-state index contributed by atoms with van der Waals surface area (Å²) in [4.78, 5) is 28.2. The van der Waals surface area contributed by atoms with Gasteiger partial charge < -0.3 is 4.74 Å². The van der Waals surface area contributed by atoms with E-state index in [2.05, 4.69) is 24.3 Å². The molecule has 2 heterocycles. The Morgan fingerprint density at radius 1 is 0.771 bits per heavy atom. The molecule has 4 atom stereocenters. The van der Waals surface area contributed by atoms with Gasteiger partial charge in [0.1, 0.15) is 5.76 Å². The van der Waals surface area contributed by atoms with Gasteiger partial charge in [-0.1, -0.05) is 91.0 Å². The van der Waals surface area contributed by atoms with Gasteiger partial charge in [-0.3, -0.25) is 9.59 Å². The van der Waals surface area contributed by atoms with E-state index in [1.54, 1.807) is 11.3 Å². The quantitative estimate of drug-likeness (QED) is 0.226. The van der Waals surface area contributed by atoms with E-state index in [-0.39, 0.29) is 35.4 Å². The van der Waals surface area contributed by atoms with Crippen LogP contribution >= 0.6 is 11.3 Å². The Bertz CT molecular complexity index is 1390. The lowest BCUT2D eigenvalue weighted by molar-refractivity contribution is -0.144. The van der Waals surface area contributed by atoms with Gasteiger partial charge in [-0.05, 0) is 34.6 Å². The van der Waals surface area contributed by atoms with Gasteiger partial charge in [-0.25, -0.2) is 0 Å². The van der Waals surface area contributed by atoms with Crippen molar-refractivity contribution in [1.29, 1.82) is 0 Å². The molecule has 1 aliphatic heterocycles. The number of thiophene rings is 1. The average Bonchev–Trinajstić information content (AvgIpc) is 3.44. The molecule has 1 aliphatic carbocycles. The molecule has 3 aromatic carbocycles. The Balaban J connectivity index is 1.49. The lowest BCUT2D eigenvalue weighted by atomic mass is 9.61. The molecule has 0 N–H and O–H groups in total. The number of esters is 1. The number of benzene rings is 3. The fraction of sp³-hybridized carbons (Fsp3) is 0.161. The molecule has 4 heteroatoms. The van der Waals surface area contributed by atoms with Crippen LogP contribution in [0.25, 0.3) is 5.76 Å². The van der Waals surface area contributed by atoms with Crippen molar-refractivity contribution in [3.05, 3.63) is 136 Å². The number of cyclic esters (lactones) is 1. The topological polar surface area (TPSA) is 43.4 Å². The van der Waals surface area contributed by atoms with Crippen molar-refractivity contribution < 1.29 is 14.3 Å². The zero-order valence-electron chi connectivity index (χ0n) is 19.0. The maximum Gasteiger partial charge on any atom is 0.315 e. The van der Waals surface area contributed by atoms with Crippen LogP contribution in [0.15, 0.2) is 109 Å². The number of ether oxygens (including phenoxy) is 1. The van der Waals surface area contributed by atoms with Crippen LogP contribution in [0.3, 0.4) is 0 Å². The first-order chi connectivity index (χ1) is 17.2. The van der Waals surface area contributed by atoms with Crippen LogP contribution in [0.2, 0.25) is 0 Å². The molecule has 0 saturated carbocycles. The normalized spacial score (nSPS) is 23.0. The van der Waals surface area contributed by atoms with Gasteiger partial charge in [0.15, 0.2) is 5.78 Å². The lowest BCUT2D eigenvalue weighted by Crippen LogP contribution is -2.39. The third-order valence-corrected chi connectivity index (χ3v) is 8.18. The van der Waals surface area contributed by atoms with Crippen molar-refractivity contribution in [2.45, 2.75) is 24.2 Å².